The van der Waals surface area contributed by atoms with Crippen LogP contribution in [0.1, 0.15) is 30.5 Å². The molecule has 0 amide bonds. The number of piperidine rings is 1. The van der Waals surface area contributed by atoms with Gasteiger partial charge in [0.05, 0.1) is 0 Å². The van der Waals surface area contributed by atoms with E-state index in [2.05, 4.69) is 20.4 Å². The summed E-state index contributed by atoms with van der Waals surface area (Å²) in [7, 11) is 0. The molecule has 4 nitrogen and oxygen atoms in total. The number of aromatic nitrogens is 2. The molecule has 22 heavy (non-hydrogen) atoms. The van der Waals surface area contributed by atoms with Crippen LogP contribution < -0.4 is 10.2 Å². The fourth-order valence-electron chi connectivity index (χ4n) is 3.41. The van der Waals surface area contributed by atoms with Gasteiger partial charge in [0.2, 0.25) is 0 Å². The summed E-state index contributed by atoms with van der Waals surface area (Å²) in [4.78, 5) is 2.09. The van der Waals surface area contributed by atoms with Crippen molar-refractivity contribution < 1.29 is 13.2 Å². The van der Waals surface area contributed by atoms with E-state index in [0.29, 0.717) is 16.8 Å². The molecule has 3 rings (SSSR count). The SMILES string of the molecule is Cc1cc(C(F)(F)F)nnc1N1CCC2(CCNCC2)C1.Cl. The van der Waals surface area contributed by atoms with Crippen LogP contribution in [0.3, 0.4) is 0 Å². The Labute approximate surface area is 133 Å². The highest BCUT2D eigenvalue weighted by Crippen LogP contribution is 2.40. The number of hydrogen-bond donors (Lipinski definition) is 1. The topological polar surface area (TPSA) is 41.1 Å². The van der Waals surface area contributed by atoms with Gasteiger partial charge in [0.15, 0.2) is 11.5 Å². The summed E-state index contributed by atoms with van der Waals surface area (Å²) in [5, 5.41) is 10.6. The molecular formula is C14H20ClF3N4. The van der Waals surface area contributed by atoms with E-state index in [4.69, 9.17) is 0 Å². The molecule has 0 aromatic carbocycles. The molecular weight excluding hydrogens is 317 g/mol. The lowest BCUT2D eigenvalue weighted by molar-refractivity contribution is -0.141. The third-order valence-electron chi connectivity index (χ3n) is 4.65. The lowest BCUT2D eigenvalue weighted by Gasteiger charge is -2.34. The first-order chi connectivity index (χ1) is 9.90. The summed E-state index contributed by atoms with van der Waals surface area (Å²) in [6.45, 7) is 5.43. The molecule has 2 aliphatic rings. The van der Waals surface area contributed by atoms with Crippen LogP contribution in [-0.2, 0) is 6.18 Å². The maximum Gasteiger partial charge on any atom is 0.435 e. The molecule has 2 saturated heterocycles. The van der Waals surface area contributed by atoms with Crippen molar-refractivity contribution in [1.29, 1.82) is 0 Å². The number of halogens is 4. The molecule has 2 aliphatic heterocycles. The van der Waals surface area contributed by atoms with Gasteiger partial charge in [-0.1, -0.05) is 0 Å². The first-order valence-electron chi connectivity index (χ1n) is 7.27. The molecule has 8 heteroatoms. The summed E-state index contributed by atoms with van der Waals surface area (Å²) in [5.41, 5.74) is -0.0787. The van der Waals surface area contributed by atoms with Gasteiger partial charge < -0.3 is 10.2 Å². The molecule has 0 radical (unpaired) electrons. The van der Waals surface area contributed by atoms with Gasteiger partial charge in [0, 0.05) is 13.1 Å². The van der Waals surface area contributed by atoms with E-state index in [9.17, 15) is 13.2 Å². The third-order valence-corrected chi connectivity index (χ3v) is 4.65. The fraction of sp³-hybridized carbons (Fsp3) is 0.714. The molecule has 1 aromatic rings. The minimum absolute atomic E-state index is 0. The smallest absolute Gasteiger partial charge is 0.354 e. The van der Waals surface area contributed by atoms with Crippen LogP contribution in [0.5, 0.6) is 0 Å². The molecule has 124 valence electrons. The summed E-state index contributed by atoms with van der Waals surface area (Å²) >= 11 is 0. The molecule has 1 spiro atoms. The highest BCUT2D eigenvalue weighted by molar-refractivity contribution is 5.85. The van der Waals surface area contributed by atoms with Gasteiger partial charge in [-0.3, -0.25) is 0 Å². The molecule has 2 fully saturated rings. The number of rotatable bonds is 1. The van der Waals surface area contributed by atoms with Crippen LogP contribution in [0, 0.1) is 12.3 Å². The van der Waals surface area contributed by atoms with Gasteiger partial charge in [-0.2, -0.15) is 13.2 Å². The van der Waals surface area contributed by atoms with Crippen LogP contribution in [0.15, 0.2) is 6.07 Å². The van der Waals surface area contributed by atoms with Gasteiger partial charge >= 0.3 is 6.18 Å². The Kier molecular flexibility index (Phi) is 4.87. The largest absolute Gasteiger partial charge is 0.435 e. The van der Waals surface area contributed by atoms with Crippen molar-refractivity contribution in [1.82, 2.24) is 15.5 Å². The van der Waals surface area contributed by atoms with E-state index in [0.717, 1.165) is 51.5 Å². The zero-order chi connectivity index (χ0) is 15.1. The Hall–Kier alpha value is -1.08. The quantitative estimate of drug-likeness (QED) is 0.856. The second-order valence-electron chi connectivity index (χ2n) is 6.16. The van der Waals surface area contributed by atoms with E-state index < -0.39 is 11.9 Å². The molecule has 0 aliphatic carbocycles. The number of anilines is 1. The Morgan fingerprint density at radius 1 is 1.18 bits per heavy atom. The number of hydrogen-bond acceptors (Lipinski definition) is 4. The fourth-order valence-corrected chi connectivity index (χ4v) is 3.41. The lowest BCUT2D eigenvalue weighted by atomic mass is 9.78. The Morgan fingerprint density at radius 2 is 1.86 bits per heavy atom. The first kappa shape index (κ1) is 17.3. The Morgan fingerprint density at radius 3 is 2.45 bits per heavy atom. The monoisotopic (exact) mass is 336 g/mol. The van der Waals surface area contributed by atoms with E-state index in [1.54, 1.807) is 6.92 Å². The van der Waals surface area contributed by atoms with Crippen molar-refractivity contribution >= 4 is 18.2 Å². The van der Waals surface area contributed by atoms with Gasteiger partial charge in [0.1, 0.15) is 0 Å². The summed E-state index contributed by atoms with van der Waals surface area (Å²) in [6, 6.07) is 1.09. The van der Waals surface area contributed by atoms with Gasteiger partial charge in [-0.05, 0) is 56.3 Å². The molecule has 0 atom stereocenters. The first-order valence-corrected chi connectivity index (χ1v) is 7.27. The van der Waals surface area contributed by atoms with Gasteiger partial charge in [-0.15, -0.1) is 22.6 Å². The highest BCUT2D eigenvalue weighted by Gasteiger charge is 2.40. The molecule has 1 N–H and O–H groups in total. The highest BCUT2D eigenvalue weighted by atomic mass is 35.5. The zero-order valence-electron chi connectivity index (χ0n) is 12.4. The molecule has 3 heterocycles. The minimum Gasteiger partial charge on any atom is -0.354 e. The van der Waals surface area contributed by atoms with Crippen LogP contribution in [-0.4, -0.2) is 36.4 Å². The number of nitrogens with zero attached hydrogens (tertiary/aromatic N) is 3. The lowest BCUT2D eigenvalue weighted by Crippen LogP contribution is -2.39. The van der Waals surface area contributed by atoms with Gasteiger partial charge in [-0.25, -0.2) is 0 Å². The van der Waals surface area contributed by atoms with Crippen molar-refractivity contribution in [2.24, 2.45) is 5.41 Å². The summed E-state index contributed by atoms with van der Waals surface area (Å²) < 4.78 is 37.9. The number of nitrogens with one attached hydrogen (secondary N) is 1. The van der Waals surface area contributed by atoms with Crippen LogP contribution in [0.2, 0.25) is 0 Å². The summed E-state index contributed by atoms with van der Waals surface area (Å²) in [5.74, 6) is 0.596. The van der Waals surface area contributed by atoms with Crippen LogP contribution >= 0.6 is 12.4 Å². The minimum atomic E-state index is -4.43. The molecule has 0 unspecified atom stereocenters. The van der Waals surface area contributed by atoms with Crippen molar-refractivity contribution in [2.45, 2.75) is 32.4 Å². The second kappa shape index (κ2) is 6.20. The maximum atomic E-state index is 12.6. The Balaban J connectivity index is 0.00000176. The number of aryl methyl sites for hydroxylation is 1. The summed E-state index contributed by atoms with van der Waals surface area (Å²) in [6.07, 6.45) is -1.11. The van der Waals surface area contributed by atoms with E-state index in [1.807, 2.05) is 0 Å². The molecule has 0 bridgehead atoms. The van der Waals surface area contributed by atoms with E-state index in [-0.39, 0.29) is 12.4 Å². The second-order valence-corrected chi connectivity index (χ2v) is 6.16. The van der Waals surface area contributed by atoms with Crippen LogP contribution in [0.4, 0.5) is 19.0 Å². The average Bonchev–Trinajstić information content (AvgIpc) is 2.82. The van der Waals surface area contributed by atoms with Crippen molar-refractivity contribution in [2.75, 3.05) is 31.1 Å². The predicted octanol–water partition coefficient (Wildman–Crippen LogP) is 2.81. The standard InChI is InChI=1S/C14H19F3N4.ClH/c1-10-8-11(14(15,16)17)19-20-12(10)21-7-4-13(9-21)2-5-18-6-3-13;/h8,18H,2-7,9H2,1H3;1H. The van der Waals surface area contributed by atoms with Gasteiger partial charge in [0.25, 0.3) is 0 Å². The molecule has 1 aromatic heterocycles. The third kappa shape index (κ3) is 3.30. The average molecular weight is 337 g/mol. The maximum absolute atomic E-state index is 12.6. The van der Waals surface area contributed by atoms with E-state index >= 15 is 0 Å². The normalized spacial score (nSPS) is 21.0. The van der Waals surface area contributed by atoms with Crippen molar-refractivity contribution in [3.8, 4) is 0 Å². The zero-order valence-corrected chi connectivity index (χ0v) is 13.2. The van der Waals surface area contributed by atoms with Crippen LogP contribution in [0.25, 0.3) is 0 Å². The predicted molar refractivity (Wildman–Crippen MR) is 80.4 cm³/mol. The molecule has 0 saturated carbocycles. The van der Waals surface area contributed by atoms with Crippen molar-refractivity contribution in [3.05, 3.63) is 17.3 Å². The Bertz CT molecular complexity index is 529. The van der Waals surface area contributed by atoms with Crippen molar-refractivity contribution in [3.63, 3.8) is 0 Å². The van der Waals surface area contributed by atoms with E-state index in [1.165, 1.54) is 0 Å². The number of alkyl halides is 3.